The number of non-ortho nitro benzene ring substituents is 1. The lowest BCUT2D eigenvalue weighted by atomic mass is 10.1. The molecule has 166 valence electrons. The van der Waals surface area contributed by atoms with Crippen LogP contribution in [0.1, 0.15) is 24.2 Å². The van der Waals surface area contributed by atoms with Crippen LogP contribution in [0.15, 0.2) is 47.4 Å². The number of nitro benzene ring substituents is 1. The molecule has 0 saturated heterocycles. The first kappa shape index (κ1) is 23.8. The van der Waals surface area contributed by atoms with Crippen molar-refractivity contribution in [3.63, 3.8) is 0 Å². The molecule has 0 aliphatic rings. The van der Waals surface area contributed by atoms with E-state index in [4.69, 9.17) is 10.5 Å². The summed E-state index contributed by atoms with van der Waals surface area (Å²) in [6, 6.07) is 8.94. The smallest absolute Gasteiger partial charge is 0.340 e. The van der Waals surface area contributed by atoms with Gasteiger partial charge in [-0.1, -0.05) is 19.9 Å². The summed E-state index contributed by atoms with van der Waals surface area (Å²) in [5, 5.41) is 13.2. The molecule has 2 aromatic rings. The maximum absolute atomic E-state index is 12.6. The van der Waals surface area contributed by atoms with Gasteiger partial charge in [-0.2, -0.15) is 4.31 Å². The number of sulfonamides is 1. The molecule has 0 aliphatic heterocycles. The molecule has 11 nitrogen and oxygen atoms in total. The van der Waals surface area contributed by atoms with Crippen LogP contribution < -0.4 is 11.1 Å². The Kier molecular flexibility index (Phi) is 7.67. The molecule has 1 amide bonds. The summed E-state index contributed by atoms with van der Waals surface area (Å²) in [4.78, 5) is 34.3. The predicted molar refractivity (Wildman–Crippen MR) is 113 cm³/mol. The fraction of sp³-hybridized carbons (Fsp3) is 0.263. The number of rotatable bonds is 9. The molecule has 2 aromatic carbocycles. The number of nitrogens with one attached hydrogen (secondary N) is 1. The van der Waals surface area contributed by atoms with E-state index in [1.54, 1.807) is 13.8 Å². The van der Waals surface area contributed by atoms with Crippen LogP contribution >= 0.6 is 0 Å². The Bertz CT molecular complexity index is 1100. The number of carbonyl (C=O) groups excluding carboxylic acids is 2. The van der Waals surface area contributed by atoms with E-state index in [1.165, 1.54) is 28.6 Å². The Labute approximate surface area is 179 Å². The van der Waals surface area contributed by atoms with Crippen LogP contribution in [0, 0.1) is 10.1 Å². The average molecular weight is 450 g/mol. The Hall–Kier alpha value is -3.51. The zero-order chi connectivity index (χ0) is 23.2. The predicted octanol–water partition coefficient (Wildman–Crippen LogP) is 2.00. The van der Waals surface area contributed by atoms with Crippen LogP contribution in [-0.2, 0) is 19.6 Å². The number of amides is 1. The minimum Gasteiger partial charge on any atom is -0.452 e. The third-order valence-corrected chi connectivity index (χ3v) is 6.31. The molecule has 3 N–H and O–H groups in total. The van der Waals surface area contributed by atoms with Gasteiger partial charge in [-0.05, 0) is 24.3 Å². The minimum absolute atomic E-state index is 0.0182. The maximum Gasteiger partial charge on any atom is 0.340 e. The van der Waals surface area contributed by atoms with Crippen molar-refractivity contribution < 1.29 is 27.7 Å². The van der Waals surface area contributed by atoms with Crippen molar-refractivity contribution in [2.24, 2.45) is 0 Å². The number of nitro groups is 1. The number of esters is 1. The molecular weight excluding hydrogens is 428 g/mol. The Morgan fingerprint density at radius 1 is 1.16 bits per heavy atom. The van der Waals surface area contributed by atoms with Gasteiger partial charge in [0.25, 0.3) is 11.6 Å². The number of nitrogen functional groups attached to an aromatic ring is 1. The van der Waals surface area contributed by atoms with Gasteiger partial charge in [0.05, 0.1) is 21.1 Å². The van der Waals surface area contributed by atoms with E-state index in [-0.39, 0.29) is 27.5 Å². The SMILES string of the molecule is CCN(CC)S(=O)(=O)c1cccc(NC(=O)COC(=O)c2ccc([N+](=O)[O-])cc2N)c1. The Morgan fingerprint density at radius 3 is 2.42 bits per heavy atom. The Balaban J connectivity index is 2.04. The van der Waals surface area contributed by atoms with Crippen molar-refractivity contribution >= 4 is 39.0 Å². The van der Waals surface area contributed by atoms with Crippen LogP contribution in [0.5, 0.6) is 0 Å². The quantitative estimate of drug-likeness (QED) is 0.254. The lowest BCUT2D eigenvalue weighted by molar-refractivity contribution is -0.384. The van der Waals surface area contributed by atoms with Gasteiger partial charge in [-0.3, -0.25) is 14.9 Å². The largest absolute Gasteiger partial charge is 0.452 e. The number of hydrogen-bond acceptors (Lipinski definition) is 8. The normalized spacial score (nSPS) is 11.2. The van der Waals surface area contributed by atoms with E-state index in [2.05, 4.69) is 5.32 Å². The molecule has 0 atom stereocenters. The van der Waals surface area contributed by atoms with Gasteiger partial charge in [0.15, 0.2) is 6.61 Å². The van der Waals surface area contributed by atoms with Crippen LogP contribution in [0.4, 0.5) is 17.1 Å². The molecule has 0 fully saturated rings. The second kappa shape index (κ2) is 10.00. The molecule has 12 heteroatoms. The number of anilines is 2. The van der Waals surface area contributed by atoms with E-state index in [1.807, 2.05) is 0 Å². The highest BCUT2D eigenvalue weighted by molar-refractivity contribution is 7.89. The first-order valence-corrected chi connectivity index (χ1v) is 10.6. The van der Waals surface area contributed by atoms with Gasteiger partial charge in [0, 0.05) is 30.9 Å². The summed E-state index contributed by atoms with van der Waals surface area (Å²) in [5.74, 6) is -1.63. The molecule has 0 radical (unpaired) electrons. The van der Waals surface area contributed by atoms with Crippen molar-refractivity contribution in [1.29, 1.82) is 0 Å². The van der Waals surface area contributed by atoms with E-state index in [0.717, 1.165) is 18.2 Å². The zero-order valence-electron chi connectivity index (χ0n) is 16.9. The highest BCUT2D eigenvalue weighted by Gasteiger charge is 2.22. The van der Waals surface area contributed by atoms with Crippen LogP contribution in [-0.4, -0.2) is 49.2 Å². The van der Waals surface area contributed by atoms with E-state index in [9.17, 15) is 28.1 Å². The first-order chi connectivity index (χ1) is 14.6. The van der Waals surface area contributed by atoms with Crippen LogP contribution in [0.2, 0.25) is 0 Å². The third kappa shape index (κ3) is 5.77. The molecule has 0 saturated carbocycles. The summed E-state index contributed by atoms with van der Waals surface area (Å²) >= 11 is 0. The van der Waals surface area contributed by atoms with E-state index in [0.29, 0.717) is 13.1 Å². The molecule has 0 spiro atoms. The van der Waals surface area contributed by atoms with Crippen molar-refractivity contribution in [3.05, 3.63) is 58.1 Å². The maximum atomic E-state index is 12.6. The molecule has 0 aromatic heterocycles. The number of nitrogens with zero attached hydrogens (tertiary/aromatic N) is 2. The summed E-state index contributed by atoms with van der Waals surface area (Å²) in [6.07, 6.45) is 0. The summed E-state index contributed by atoms with van der Waals surface area (Å²) in [6.45, 7) is 3.38. The van der Waals surface area contributed by atoms with Gasteiger partial charge in [-0.25, -0.2) is 13.2 Å². The van der Waals surface area contributed by atoms with Crippen molar-refractivity contribution in [2.75, 3.05) is 30.7 Å². The zero-order valence-corrected chi connectivity index (χ0v) is 17.7. The Morgan fingerprint density at radius 2 is 1.84 bits per heavy atom. The monoisotopic (exact) mass is 450 g/mol. The second-order valence-electron chi connectivity index (χ2n) is 6.27. The molecular formula is C19H22N4O7S. The molecule has 2 rings (SSSR count). The standard InChI is InChI=1S/C19H22N4O7S/c1-3-22(4-2)31(28,29)15-7-5-6-13(10-15)21-18(24)12-30-19(25)16-9-8-14(23(26)27)11-17(16)20/h5-11H,3-4,12,20H2,1-2H3,(H,21,24). The molecule has 0 bridgehead atoms. The lowest BCUT2D eigenvalue weighted by Crippen LogP contribution is -2.30. The summed E-state index contributed by atoms with van der Waals surface area (Å²) < 4.78 is 31.4. The highest BCUT2D eigenvalue weighted by atomic mass is 32.2. The van der Waals surface area contributed by atoms with Gasteiger partial charge >= 0.3 is 5.97 Å². The number of ether oxygens (including phenoxy) is 1. The lowest BCUT2D eigenvalue weighted by Gasteiger charge is -2.18. The highest BCUT2D eigenvalue weighted by Crippen LogP contribution is 2.21. The third-order valence-electron chi connectivity index (χ3n) is 4.26. The molecule has 0 heterocycles. The summed E-state index contributed by atoms with van der Waals surface area (Å²) in [5.41, 5.74) is 5.28. The van der Waals surface area contributed by atoms with Gasteiger partial charge in [-0.15, -0.1) is 0 Å². The van der Waals surface area contributed by atoms with Crippen molar-refractivity contribution in [1.82, 2.24) is 4.31 Å². The van der Waals surface area contributed by atoms with Gasteiger partial charge in [0.1, 0.15) is 0 Å². The topological polar surface area (TPSA) is 162 Å². The minimum atomic E-state index is -3.70. The number of hydrogen-bond donors (Lipinski definition) is 2. The molecule has 0 aliphatic carbocycles. The van der Waals surface area contributed by atoms with Crippen molar-refractivity contribution in [3.8, 4) is 0 Å². The van der Waals surface area contributed by atoms with Crippen molar-refractivity contribution in [2.45, 2.75) is 18.7 Å². The van der Waals surface area contributed by atoms with Crippen LogP contribution in [0.25, 0.3) is 0 Å². The number of nitrogens with two attached hydrogens (primary N) is 1. The molecule has 0 unspecified atom stereocenters. The van der Waals surface area contributed by atoms with E-state index < -0.39 is 33.4 Å². The first-order valence-electron chi connectivity index (χ1n) is 9.21. The number of benzene rings is 2. The fourth-order valence-electron chi connectivity index (χ4n) is 2.70. The summed E-state index contributed by atoms with van der Waals surface area (Å²) in [7, 11) is -3.70. The fourth-order valence-corrected chi connectivity index (χ4v) is 4.21. The second-order valence-corrected chi connectivity index (χ2v) is 8.21. The van der Waals surface area contributed by atoms with E-state index >= 15 is 0 Å². The van der Waals surface area contributed by atoms with Gasteiger partial charge < -0.3 is 15.8 Å². The van der Waals surface area contributed by atoms with Crippen LogP contribution in [0.3, 0.4) is 0 Å². The average Bonchev–Trinajstić information content (AvgIpc) is 2.72. The van der Waals surface area contributed by atoms with Gasteiger partial charge in [0.2, 0.25) is 10.0 Å². The molecule has 31 heavy (non-hydrogen) atoms. The number of carbonyl (C=O) groups is 2.